The largest absolute Gasteiger partial charge is 0.493 e. The molecule has 3 rings (SSSR count). The Morgan fingerprint density at radius 3 is 2.45 bits per heavy atom. The topological polar surface area (TPSA) is 71.1 Å². The molecule has 1 heterocycles. The van der Waals surface area contributed by atoms with Crippen LogP contribution in [0.4, 0.5) is 11.4 Å². The minimum Gasteiger partial charge on any atom is -0.493 e. The van der Waals surface area contributed by atoms with Crippen molar-refractivity contribution in [3.63, 3.8) is 0 Å². The number of rotatable bonds is 8. The van der Waals surface area contributed by atoms with Crippen molar-refractivity contribution >= 4 is 34.7 Å². The fraction of sp³-hybridized carbons (Fsp3) is 0.391. The number of carbonyl (C=O) groups excluding carboxylic acids is 2. The van der Waals surface area contributed by atoms with E-state index in [0.29, 0.717) is 27.8 Å². The molecule has 2 aromatic rings. The molecule has 0 spiro atoms. The van der Waals surface area contributed by atoms with Gasteiger partial charge in [0.15, 0.2) is 23.9 Å². The van der Waals surface area contributed by atoms with Gasteiger partial charge < -0.3 is 24.6 Å². The van der Waals surface area contributed by atoms with Gasteiger partial charge >= 0.3 is 0 Å². The van der Waals surface area contributed by atoms with Crippen molar-refractivity contribution in [2.75, 3.05) is 56.7 Å². The second-order valence-electron chi connectivity index (χ2n) is 7.34. The van der Waals surface area contributed by atoms with Crippen LogP contribution in [0.3, 0.4) is 0 Å². The number of anilines is 2. The Hall–Kier alpha value is -2.77. The molecule has 166 valence electrons. The average Bonchev–Trinajstić information content (AvgIpc) is 2.77. The molecule has 1 fully saturated rings. The van der Waals surface area contributed by atoms with Gasteiger partial charge in [0.05, 0.1) is 18.5 Å². The van der Waals surface area contributed by atoms with Gasteiger partial charge in [0, 0.05) is 36.8 Å². The predicted octanol–water partition coefficient (Wildman–Crippen LogP) is 3.71. The first-order valence-corrected chi connectivity index (χ1v) is 10.7. The summed E-state index contributed by atoms with van der Waals surface area (Å²) in [6.45, 7) is 8.19. The number of Topliss-reactive ketones (excluding diaryl/α,β-unsaturated/α-hetero) is 1. The van der Waals surface area contributed by atoms with Crippen LogP contribution in [0.2, 0.25) is 5.02 Å². The van der Waals surface area contributed by atoms with Crippen LogP contribution in [0.1, 0.15) is 24.2 Å². The highest BCUT2D eigenvalue weighted by Crippen LogP contribution is 2.31. The molecule has 0 unspecified atom stereocenters. The maximum Gasteiger partial charge on any atom is 0.262 e. The Labute approximate surface area is 187 Å². The summed E-state index contributed by atoms with van der Waals surface area (Å²) in [5, 5.41) is 3.46. The quantitative estimate of drug-likeness (QED) is 0.624. The molecule has 7 nitrogen and oxygen atoms in total. The van der Waals surface area contributed by atoms with E-state index < -0.39 is 0 Å². The van der Waals surface area contributed by atoms with Gasteiger partial charge in [-0.25, -0.2) is 0 Å². The zero-order valence-electron chi connectivity index (χ0n) is 18.1. The Kier molecular flexibility index (Phi) is 7.76. The number of hydrogen-bond donors (Lipinski definition) is 1. The van der Waals surface area contributed by atoms with Crippen LogP contribution in [0.5, 0.6) is 11.5 Å². The summed E-state index contributed by atoms with van der Waals surface area (Å²) >= 11 is 6.18. The fourth-order valence-corrected chi connectivity index (χ4v) is 3.70. The van der Waals surface area contributed by atoms with E-state index in [-0.39, 0.29) is 18.3 Å². The normalized spacial score (nSPS) is 14.3. The van der Waals surface area contributed by atoms with Crippen molar-refractivity contribution in [2.24, 2.45) is 0 Å². The Morgan fingerprint density at radius 1 is 1.06 bits per heavy atom. The van der Waals surface area contributed by atoms with E-state index in [9.17, 15) is 9.59 Å². The maximum absolute atomic E-state index is 12.6. The summed E-state index contributed by atoms with van der Waals surface area (Å²) in [5.74, 6) is 0.409. The highest BCUT2D eigenvalue weighted by molar-refractivity contribution is 6.31. The number of halogens is 1. The minimum atomic E-state index is -0.312. The lowest BCUT2D eigenvalue weighted by molar-refractivity contribution is -0.118. The van der Waals surface area contributed by atoms with Crippen LogP contribution in [-0.4, -0.2) is 63.0 Å². The molecular formula is C23H28ClN3O4. The highest BCUT2D eigenvalue weighted by atomic mass is 35.5. The molecule has 0 bridgehead atoms. The summed E-state index contributed by atoms with van der Waals surface area (Å²) < 4.78 is 10.9. The second kappa shape index (κ2) is 10.5. The minimum absolute atomic E-state index is 0.0733. The number of hydrogen-bond acceptors (Lipinski definition) is 6. The SMILES string of the molecule is CCN1CCN(c2ccc(Cl)cc2NC(=O)COc2ccc(C(C)=O)cc2OC)CC1. The number of nitrogens with zero attached hydrogens (tertiary/aromatic N) is 2. The van der Waals surface area contributed by atoms with E-state index in [1.807, 2.05) is 12.1 Å². The first-order chi connectivity index (χ1) is 14.9. The summed E-state index contributed by atoms with van der Waals surface area (Å²) in [6.07, 6.45) is 0. The van der Waals surface area contributed by atoms with Crippen molar-refractivity contribution in [3.8, 4) is 11.5 Å². The first-order valence-electron chi connectivity index (χ1n) is 10.3. The van der Waals surface area contributed by atoms with Gasteiger partial charge in [-0.15, -0.1) is 0 Å². The van der Waals surface area contributed by atoms with Crippen molar-refractivity contribution in [1.82, 2.24) is 4.90 Å². The van der Waals surface area contributed by atoms with Crippen molar-refractivity contribution in [3.05, 3.63) is 47.0 Å². The van der Waals surface area contributed by atoms with Crippen LogP contribution in [0.25, 0.3) is 0 Å². The maximum atomic E-state index is 12.6. The predicted molar refractivity (Wildman–Crippen MR) is 123 cm³/mol. The number of piperazine rings is 1. The van der Waals surface area contributed by atoms with Crippen molar-refractivity contribution in [2.45, 2.75) is 13.8 Å². The number of benzene rings is 2. The Bertz CT molecular complexity index is 942. The Morgan fingerprint density at radius 2 is 1.81 bits per heavy atom. The van der Waals surface area contributed by atoms with Gasteiger partial charge in [-0.05, 0) is 49.9 Å². The summed E-state index contributed by atoms with van der Waals surface area (Å²) in [6, 6.07) is 10.4. The molecule has 1 N–H and O–H groups in total. The lowest BCUT2D eigenvalue weighted by atomic mass is 10.1. The van der Waals surface area contributed by atoms with Crippen LogP contribution in [0, 0.1) is 0 Å². The number of ether oxygens (including phenoxy) is 2. The first kappa shape index (κ1) is 22.9. The zero-order chi connectivity index (χ0) is 22.4. The van der Waals surface area contributed by atoms with Crippen LogP contribution in [0.15, 0.2) is 36.4 Å². The standard InChI is InChI=1S/C23H28ClN3O4/c1-4-26-9-11-27(12-10-26)20-7-6-18(24)14-19(20)25-23(29)15-31-21-8-5-17(16(2)28)13-22(21)30-3/h5-8,13-14H,4,9-12,15H2,1-3H3,(H,25,29). The summed E-state index contributed by atoms with van der Waals surface area (Å²) in [5.41, 5.74) is 2.11. The molecule has 1 aliphatic rings. The van der Waals surface area contributed by atoms with Crippen LogP contribution in [-0.2, 0) is 4.79 Å². The number of carbonyl (C=O) groups is 2. The van der Waals surface area contributed by atoms with Crippen LogP contribution < -0.4 is 19.7 Å². The van der Waals surface area contributed by atoms with E-state index in [4.69, 9.17) is 21.1 Å². The van der Waals surface area contributed by atoms with Gasteiger partial charge in [-0.2, -0.15) is 0 Å². The molecule has 1 aliphatic heterocycles. The number of methoxy groups -OCH3 is 1. The van der Waals surface area contributed by atoms with E-state index in [1.165, 1.54) is 14.0 Å². The molecule has 8 heteroatoms. The molecule has 0 saturated carbocycles. The lowest BCUT2D eigenvalue weighted by Gasteiger charge is -2.36. The number of nitrogens with one attached hydrogen (secondary N) is 1. The van der Waals surface area contributed by atoms with E-state index in [2.05, 4.69) is 22.0 Å². The summed E-state index contributed by atoms with van der Waals surface area (Å²) in [7, 11) is 1.49. The monoisotopic (exact) mass is 445 g/mol. The van der Waals surface area contributed by atoms with Gasteiger partial charge in [0.25, 0.3) is 5.91 Å². The average molecular weight is 446 g/mol. The summed E-state index contributed by atoms with van der Waals surface area (Å²) in [4.78, 5) is 28.8. The molecule has 1 saturated heterocycles. The second-order valence-corrected chi connectivity index (χ2v) is 7.78. The van der Waals surface area contributed by atoms with Gasteiger partial charge in [-0.1, -0.05) is 18.5 Å². The van der Waals surface area contributed by atoms with Gasteiger partial charge in [0.1, 0.15) is 0 Å². The smallest absolute Gasteiger partial charge is 0.262 e. The third-order valence-corrected chi connectivity index (χ3v) is 5.56. The van der Waals surface area contributed by atoms with E-state index in [0.717, 1.165) is 38.4 Å². The lowest BCUT2D eigenvalue weighted by Crippen LogP contribution is -2.46. The number of ketones is 1. The molecule has 0 aromatic heterocycles. The highest BCUT2D eigenvalue weighted by Gasteiger charge is 2.20. The molecule has 0 radical (unpaired) electrons. The third-order valence-electron chi connectivity index (χ3n) is 5.32. The molecule has 31 heavy (non-hydrogen) atoms. The van der Waals surface area contributed by atoms with Gasteiger partial charge in [0.2, 0.25) is 0 Å². The Balaban J connectivity index is 1.67. The number of amides is 1. The molecule has 2 aromatic carbocycles. The van der Waals surface area contributed by atoms with E-state index >= 15 is 0 Å². The van der Waals surface area contributed by atoms with Crippen LogP contribution >= 0.6 is 11.6 Å². The molecule has 0 aliphatic carbocycles. The van der Waals surface area contributed by atoms with Crippen molar-refractivity contribution in [1.29, 1.82) is 0 Å². The van der Waals surface area contributed by atoms with Gasteiger partial charge in [-0.3, -0.25) is 9.59 Å². The number of likely N-dealkylation sites (N-methyl/N-ethyl adjacent to an activating group) is 1. The van der Waals surface area contributed by atoms with Crippen molar-refractivity contribution < 1.29 is 19.1 Å². The molecule has 1 amide bonds. The zero-order valence-corrected chi connectivity index (χ0v) is 18.9. The molecule has 0 atom stereocenters. The third kappa shape index (κ3) is 5.89. The molecular weight excluding hydrogens is 418 g/mol. The van der Waals surface area contributed by atoms with E-state index in [1.54, 1.807) is 24.3 Å². The fourth-order valence-electron chi connectivity index (χ4n) is 3.52.